The van der Waals surface area contributed by atoms with E-state index in [9.17, 15) is 9.59 Å². The maximum atomic E-state index is 13.5. The van der Waals surface area contributed by atoms with Crippen LogP contribution in [0.15, 0.2) is 66.4 Å². The molecule has 162 valence electrons. The van der Waals surface area contributed by atoms with Gasteiger partial charge in [0.25, 0.3) is 11.8 Å². The summed E-state index contributed by atoms with van der Waals surface area (Å²) in [5.74, 6) is -0.574. The van der Waals surface area contributed by atoms with Crippen LogP contribution in [0.4, 0.5) is 5.69 Å². The van der Waals surface area contributed by atoms with Crippen molar-refractivity contribution in [3.8, 4) is 0 Å². The molecule has 32 heavy (non-hydrogen) atoms. The smallest absolute Gasteiger partial charge is 0.278 e. The highest BCUT2D eigenvalue weighted by Crippen LogP contribution is 2.33. The predicted molar refractivity (Wildman–Crippen MR) is 129 cm³/mol. The van der Waals surface area contributed by atoms with Gasteiger partial charge in [0, 0.05) is 5.69 Å². The lowest BCUT2D eigenvalue weighted by atomic mass is 9.99. The first kappa shape index (κ1) is 21.6. The van der Waals surface area contributed by atoms with Crippen LogP contribution >= 0.6 is 0 Å². The molecule has 2 amide bonds. The normalized spacial score (nSPS) is 13.8. The average Bonchev–Trinajstić information content (AvgIpc) is 2.98. The van der Waals surface area contributed by atoms with Gasteiger partial charge in [0.2, 0.25) is 0 Å². The molecule has 0 aromatic heterocycles. The minimum atomic E-state index is -0.302. The number of rotatable bonds is 5. The number of nitrogens with zero attached hydrogens (tertiary/aromatic N) is 1. The van der Waals surface area contributed by atoms with Gasteiger partial charge in [-0.25, -0.2) is 0 Å². The van der Waals surface area contributed by atoms with E-state index in [1.54, 1.807) is 0 Å². The monoisotopic (exact) mass is 424 g/mol. The summed E-state index contributed by atoms with van der Waals surface area (Å²) in [5.41, 5.74) is 8.78. The van der Waals surface area contributed by atoms with Crippen molar-refractivity contribution >= 4 is 23.1 Å². The van der Waals surface area contributed by atoms with Crippen LogP contribution in [0.3, 0.4) is 0 Å². The van der Waals surface area contributed by atoms with Crippen LogP contribution in [0, 0.1) is 34.6 Å². The van der Waals surface area contributed by atoms with E-state index in [0.717, 1.165) is 44.6 Å². The van der Waals surface area contributed by atoms with Gasteiger partial charge in [-0.1, -0.05) is 65.7 Å². The third-order valence-corrected chi connectivity index (χ3v) is 6.07. The van der Waals surface area contributed by atoms with E-state index < -0.39 is 0 Å². The fraction of sp³-hybridized carbons (Fsp3) is 0.214. The number of hydrogen-bond acceptors (Lipinski definition) is 3. The maximum Gasteiger partial charge on any atom is 0.278 e. The Morgan fingerprint density at radius 2 is 1.38 bits per heavy atom. The lowest BCUT2D eigenvalue weighted by Crippen LogP contribution is -2.32. The van der Waals surface area contributed by atoms with Crippen LogP contribution in [0.2, 0.25) is 0 Å². The van der Waals surface area contributed by atoms with E-state index in [-0.39, 0.29) is 18.4 Å². The summed E-state index contributed by atoms with van der Waals surface area (Å²) in [4.78, 5) is 28.4. The minimum absolute atomic E-state index is 0.240. The number of amides is 2. The molecule has 1 N–H and O–H groups in total. The number of carbonyl (C=O) groups excluding carboxylic acids is 2. The second kappa shape index (κ2) is 8.46. The number of nitrogens with one attached hydrogen (secondary N) is 1. The van der Waals surface area contributed by atoms with Gasteiger partial charge in [-0.05, 0) is 68.5 Å². The first-order chi connectivity index (χ1) is 15.2. The number of anilines is 1. The van der Waals surface area contributed by atoms with Crippen molar-refractivity contribution in [3.05, 3.63) is 105 Å². The molecule has 1 aliphatic rings. The molecule has 0 unspecified atom stereocenters. The molecule has 0 spiro atoms. The van der Waals surface area contributed by atoms with Crippen LogP contribution in [-0.4, -0.2) is 16.7 Å². The fourth-order valence-electron chi connectivity index (χ4n) is 3.96. The molecule has 1 aliphatic heterocycles. The highest BCUT2D eigenvalue weighted by Gasteiger charge is 2.39. The standard InChI is InChI=1S/C28H28N2O2/c1-17-6-10-22(11-7-17)16-30-27(31)25(23-12-9-19(3)20(4)15-23)26(28(30)32)29-24-13-8-18(2)14-21(24)5/h6-15,29H,16H2,1-5H3. The number of imide groups is 1. The summed E-state index contributed by atoms with van der Waals surface area (Å²) in [6, 6.07) is 19.8. The van der Waals surface area contributed by atoms with Crippen LogP contribution in [-0.2, 0) is 16.1 Å². The fourth-order valence-corrected chi connectivity index (χ4v) is 3.96. The molecule has 0 radical (unpaired) electrons. The first-order valence-corrected chi connectivity index (χ1v) is 10.8. The molecule has 0 fully saturated rings. The Morgan fingerprint density at radius 3 is 2.03 bits per heavy atom. The summed E-state index contributed by atoms with van der Waals surface area (Å²) in [6.45, 7) is 10.3. The van der Waals surface area contributed by atoms with E-state index in [1.807, 2.05) is 89.2 Å². The Hall–Kier alpha value is -3.66. The van der Waals surface area contributed by atoms with Gasteiger partial charge in [0.05, 0.1) is 12.1 Å². The van der Waals surface area contributed by atoms with Crippen molar-refractivity contribution in [2.24, 2.45) is 0 Å². The summed E-state index contributed by atoms with van der Waals surface area (Å²) in [6.07, 6.45) is 0. The lowest BCUT2D eigenvalue weighted by molar-refractivity contribution is -0.137. The van der Waals surface area contributed by atoms with E-state index in [4.69, 9.17) is 0 Å². The molecule has 0 saturated carbocycles. The second-order valence-electron chi connectivity index (χ2n) is 8.67. The van der Waals surface area contributed by atoms with Crippen LogP contribution in [0.5, 0.6) is 0 Å². The van der Waals surface area contributed by atoms with E-state index in [1.165, 1.54) is 4.90 Å². The molecule has 0 bridgehead atoms. The minimum Gasteiger partial charge on any atom is -0.350 e. The maximum absolute atomic E-state index is 13.5. The zero-order valence-electron chi connectivity index (χ0n) is 19.2. The molecule has 0 atom stereocenters. The largest absolute Gasteiger partial charge is 0.350 e. The van der Waals surface area contributed by atoms with Crippen molar-refractivity contribution in [3.63, 3.8) is 0 Å². The van der Waals surface area contributed by atoms with Crippen molar-refractivity contribution in [2.45, 2.75) is 41.2 Å². The molecule has 4 heteroatoms. The van der Waals surface area contributed by atoms with Crippen LogP contribution < -0.4 is 5.32 Å². The number of aryl methyl sites for hydroxylation is 5. The third kappa shape index (κ3) is 4.09. The molecule has 3 aromatic carbocycles. The lowest BCUT2D eigenvalue weighted by Gasteiger charge is -2.16. The molecular weight excluding hydrogens is 396 g/mol. The van der Waals surface area contributed by atoms with Gasteiger partial charge in [0.1, 0.15) is 5.70 Å². The number of benzene rings is 3. The topological polar surface area (TPSA) is 49.4 Å². The number of carbonyl (C=O) groups is 2. The zero-order valence-corrected chi connectivity index (χ0v) is 19.2. The Kier molecular flexibility index (Phi) is 5.70. The van der Waals surface area contributed by atoms with Gasteiger partial charge in [-0.15, -0.1) is 0 Å². The molecule has 0 aliphatic carbocycles. The average molecular weight is 425 g/mol. The van der Waals surface area contributed by atoms with Crippen molar-refractivity contribution in [2.75, 3.05) is 5.32 Å². The van der Waals surface area contributed by atoms with Gasteiger partial charge in [-0.2, -0.15) is 0 Å². The molecule has 1 heterocycles. The van der Waals surface area contributed by atoms with Crippen molar-refractivity contribution in [1.82, 2.24) is 4.90 Å². The Morgan fingerprint density at radius 1 is 0.688 bits per heavy atom. The van der Waals surface area contributed by atoms with Gasteiger partial charge in [-0.3, -0.25) is 14.5 Å². The Bertz CT molecular complexity index is 1250. The Balaban J connectivity index is 1.77. The second-order valence-corrected chi connectivity index (χ2v) is 8.67. The highest BCUT2D eigenvalue weighted by atomic mass is 16.2. The van der Waals surface area contributed by atoms with Gasteiger partial charge in [0.15, 0.2) is 0 Å². The van der Waals surface area contributed by atoms with E-state index in [0.29, 0.717) is 11.3 Å². The molecule has 4 nitrogen and oxygen atoms in total. The number of hydrogen-bond donors (Lipinski definition) is 1. The van der Waals surface area contributed by atoms with Gasteiger partial charge < -0.3 is 5.32 Å². The summed E-state index contributed by atoms with van der Waals surface area (Å²) in [7, 11) is 0. The van der Waals surface area contributed by atoms with Crippen molar-refractivity contribution in [1.29, 1.82) is 0 Å². The Labute approximate surface area is 189 Å². The van der Waals surface area contributed by atoms with Gasteiger partial charge >= 0.3 is 0 Å². The first-order valence-electron chi connectivity index (χ1n) is 10.8. The summed E-state index contributed by atoms with van der Waals surface area (Å²) < 4.78 is 0. The zero-order chi connectivity index (χ0) is 23.0. The van der Waals surface area contributed by atoms with E-state index in [2.05, 4.69) is 11.4 Å². The quantitative estimate of drug-likeness (QED) is 0.541. The van der Waals surface area contributed by atoms with Crippen LogP contribution in [0.1, 0.15) is 38.9 Å². The SMILES string of the molecule is Cc1ccc(CN2C(=O)C(Nc3ccc(C)cc3C)=C(c3ccc(C)c(C)c3)C2=O)cc1. The molecule has 4 rings (SSSR count). The predicted octanol–water partition coefficient (Wildman–Crippen LogP) is 5.62. The summed E-state index contributed by atoms with van der Waals surface area (Å²) in [5, 5.41) is 3.29. The third-order valence-electron chi connectivity index (χ3n) is 6.07. The van der Waals surface area contributed by atoms with Crippen LogP contribution in [0.25, 0.3) is 5.57 Å². The van der Waals surface area contributed by atoms with Crippen molar-refractivity contribution < 1.29 is 9.59 Å². The summed E-state index contributed by atoms with van der Waals surface area (Å²) >= 11 is 0. The van der Waals surface area contributed by atoms with E-state index >= 15 is 0 Å². The highest BCUT2D eigenvalue weighted by molar-refractivity contribution is 6.36. The molecule has 0 saturated heterocycles. The molecular formula is C28H28N2O2. The molecule has 3 aromatic rings.